The molecule has 2 rings (SSSR count). The molecule has 2 nitrogen and oxygen atoms in total. The van der Waals surface area contributed by atoms with Crippen molar-refractivity contribution in [2.75, 3.05) is 11.4 Å². The monoisotopic (exact) mass is 311 g/mol. The molecule has 1 saturated heterocycles. The summed E-state index contributed by atoms with van der Waals surface area (Å²) in [6.45, 7) is 5.24. The molecular formula is C15H22BrNO. The van der Waals surface area contributed by atoms with Gasteiger partial charge in [0.2, 0.25) is 0 Å². The lowest BCUT2D eigenvalue weighted by Crippen LogP contribution is -2.32. The molecule has 100 valence electrons. The normalized spacial score (nSPS) is 22.7. The van der Waals surface area contributed by atoms with Gasteiger partial charge in [0.25, 0.3) is 0 Å². The Bertz CT molecular complexity index is 405. The summed E-state index contributed by atoms with van der Waals surface area (Å²) in [4.78, 5) is 2.49. The Kier molecular flexibility index (Phi) is 4.68. The van der Waals surface area contributed by atoms with E-state index in [1.165, 1.54) is 31.4 Å². The van der Waals surface area contributed by atoms with Gasteiger partial charge < -0.3 is 10.0 Å². The van der Waals surface area contributed by atoms with Crippen molar-refractivity contribution in [3.8, 4) is 0 Å². The molecule has 0 aliphatic carbocycles. The second kappa shape index (κ2) is 6.07. The van der Waals surface area contributed by atoms with Crippen LogP contribution in [0.5, 0.6) is 0 Å². The Labute approximate surface area is 118 Å². The fraction of sp³-hybridized carbons (Fsp3) is 0.600. The van der Waals surface area contributed by atoms with Gasteiger partial charge in [-0.05, 0) is 60.3 Å². The van der Waals surface area contributed by atoms with Crippen molar-refractivity contribution in [3.63, 3.8) is 0 Å². The minimum absolute atomic E-state index is 0.406. The van der Waals surface area contributed by atoms with Gasteiger partial charge in [-0.15, -0.1) is 0 Å². The summed E-state index contributed by atoms with van der Waals surface area (Å²) in [5.41, 5.74) is 2.22. The molecule has 0 radical (unpaired) electrons. The van der Waals surface area contributed by atoms with Crippen molar-refractivity contribution in [2.24, 2.45) is 0 Å². The van der Waals surface area contributed by atoms with E-state index in [-0.39, 0.29) is 0 Å². The van der Waals surface area contributed by atoms with Gasteiger partial charge in [0.05, 0.1) is 11.8 Å². The number of halogens is 1. The molecule has 0 spiro atoms. The van der Waals surface area contributed by atoms with Crippen molar-refractivity contribution in [1.82, 2.24) is 0 Å². The second-order valence-corrected chi connectivity index (χ2v) is 6.13. The van der Waals surface area contributed by atoms with E-state index >= 15 is 0 Å². The fourth-order valence-electron chi connectivity index (χ4n) is 2.65. The summed E-state index contributed by atoms with van der Waals surface area (Å²) in [5.74, 6) is 0. The van der Waals surface area contributed by atoms with Crippen molar-refractivity contribution in [1.29, 1.82) is 0 Å². The SMILES string of the molecule is CC(O)c1ccc(N2CCCCCC2C)c(Br)c1. The number of hydrogen-bond donors (Lipinski definition) is 1. The van der Waals surface area contributed by atoms with E-state index in [9.17, 15) is 5.11 Å². The van der Waals surface area contributed by atoms with Gasteiger partial charge in [-0.2, -0.15) is 0 Å². The fourth-order valence-corrected chi connectivity index (χ4v) is 3.27. The lowest BCUT2D eigenvalue weighted by atomic mass is 10.1. The number of rotatable bonds is 2. The van der Waals surface area contributed by atoms with Crippen LogP contribution in [0.4, 0.5) is 5.69 Å². The van der Waals surface area contributed by atoms with Crippen LogP contribution in [0.25, 0.3) is 0 Å². The largest absolute Gasteiger partial charge is 0.389 e. The Balaban J connectivity index is 2.26. The highest BCUT2D eigenvalue weighted by atomic mass is 79.9. The molecule has 0 amide bonds. The maximum atomic E-state index is 9.61. The first kappa shape index (κ1) is 13.9. The number of hydrogen-bond acceptors (Lipinski definition) is 2. The Morgan fingerprint density at radius 1 is 1.33 bits per heavy atom. The molecule has 3 heteroatoms. The molecule has 2 unspecified atom stereocenters. The van der Waals surface area contributed by atoms with E-state index in [0.717, 1.165) is 16.6 Å². The quantitative estimate of drug-likeness (QED) is 0.881. The van der Waals surface area contributed by atoms with Crippen LogP contribution >= 0.6 is 15.9 Å². The highest BCUT2D eigenvalue weighted by Crippen LogP contribution is 2.32. The van der Waals surface area contributed by atoms with Crippen LogP contribution in [0.1, 0.15) is 51.2 Å². The average Bonchev–Trinajstić information content (AvgIpc) is 2.54. The van der Waals surface area contributed by atoms with E-state index in [1.807, 2.05) is 12.1 Å². The molecule has 1 aromatic carbocycles. The van der Waals surface area contributed by atoms with Crippen LogP contribution in [0.15, 0.2) is 22.7 Å². The average molecular weight is 312 g/mol. The first-order valence-corrected chi connectivity index (χ1v) is 7.63. The number of benzene rings is 1. The topological polar surface area (TPSA) is 23.5 Å². The Hall–Kier alpha value is -0.540. The predicted octanol–water partition coefficient (Wildman–Crippen LogP) is 4.27. The predicted molar refractivity (Wildman–Crippen MR) is 80.1 cm³/mol. The summed E-state index contributed by atoms with van der Waals surface area (Å²) in [6, 6.07) is 6.80. The molecule has 18 heavy (non-hydrogen) atoms. The Morgan fingerprint density at radius 3 is 2.78 bits per heavy atom. The van der Waals surface area contributed by atoms with E-state index in [0.29, 0.717) is 6.04 Å². The lowest BCUT2D eigenvalue weighted by Gasteiger charge is -2.30. The summed E-state index contributed by atoms with van der Waals surface area (Å²) < 4.78 is 1.09. The van der Waals surface area contributed by atoms with Crippen LogP contribution in [-0.4, -0.2) is 17.7 Å². The summed E-state index contributed by atoms with van der Waals surface area (Å²) >= 11 is 3.65. The molecule has 1 aromatic rings. The third kappa shape index (κ3) is 3.07. The van der Waals surface area contributed by atoms with Gasteiger partial charge in [-0.1, -0.05) is 18.9 Å². The molecule has 0 aromatic heterocycles. The molecule has 0 bridgehead atoms. The number of anilines is 1. The molecule has 0 saturated carbocycles. The highest BCUT2D eigenvalue weighted by Gasteiger charge is 2.19. The van der Waals surface area contributed by atoms with Gasteiger partial charge in [0.15, 0.2) is 0 Å². The van der Waals surface area contributed by atoms with Gasteiger partial charge in [0, 0.05) is 17.1 Å². The number of aliphatic hydroxyl groups excluding tert-OH is 1. The zero-order valence-electron chi connectivity index (χ0n) is 11.2. The molecule has 1 heterocycles. The van der Waals surface area contributed by atoms with Crippen LogP contribution in [0.2, 0.25) is 0 Å². The second-order valence-electron chi connectivity index (χ2n) is 5.28. The van der Waals surface area contributed by atoms with Crippen LogP contribution in [0, 0.1) is 0 Å². The third-order valence-electron chi connectivity index (χ3n) is 3.82. The third-order valence-corrected chi connectivity index (χ3v) is 4.45. The number of aliphatic hydroxyl groups is 1. The molecule has 2 atom stereocenters. The van der Waals surface area contributed by atoms with E-state index < -0.39 is 6.10 Å². The highest BCUT2D eigenvalue weighted by molar-refractivity contribution is 9.10. The molecular weight excluding hydrogens is 290 g/mol. The minimum Gasteiger partial charge on any atom is -0.389 e. The van der Waals surface area contributed by atoms with Crippen molar-refractivity contribution >= 4 is 21.6 Å². The van der Waals surface area contributed by atoms with Crippen LogP contribution < -0.4 is 4.90 Å². The van der Waals surface area contributed by atoms with E-state index in [4.69, 9.17) is 0 Å². The molecule has 1 aliphatic heterocycles. The smallest absolute Gasteiger partial charge is 0.0762 e. The van der Waals surface area contributed by atoms with Crippen LogP contribution in [-0.2, 0) is 0 Å². The molecule has 1 N–H and O–H groups in total. The summed E-state index contributed by atoms with van der Waals surface area (Å²) in [5, 5.41) is 9.61. The van der Waals surface area contributed by atoms with Crippen molar-refractivity contribution in [2.45, 2.75) is 51.7 Å². The molecule has 1 fully saturated rings. The van der Waals surface area contributed by atoms with Gasteiger partial charge in [-0.3, -0.25) is 0 Å². The maximum Gasteiger partial charge on any atom is 0.0762 e. The van der Waals surface area contributed by atoms with Crippen LogP contribution in [0.3, 0.4) is 0 Å². The summed E-state index contributed by atoms with van der Waals surface area (Å²) in [7, 11) is 0. The van der Waals surface area contributed by atoms with Gasteiger partial charge >= 0.3 is 0 Å². The Morgan fingerprint density at radius 2 is 2.11 bits per heavy atom. The number of nitrogens with zero attached hydrogens (tertiary/aromatic N) is 1. The van der Waals surface area contributed by atoms with E-state index in [1.54, 1.807) is 6.92 Å². The zero-order chi connectivity index (χ0) is 13.1. The maximum absolute atomic E-state index is 9.61. The standard InChI is InChI=1S/C15H22BrNO/c1-11-6-4-3-5-9-17(11)15-8-7-13(12(2)18)10-14(15)16/h7-8,10-12,18H,3-6,9H2,1-2H3. The minimum atomic E-state index is -0.406. The first-order chi connectivity index (χ1) is 8.59. The van der Waals surface area contributed by atoms with Gasteiger partial charge in [0.1, 0.15) is 0 Å². The van der Waals surface area contributed by atoms with Gasteiger partial charge in [-0.25, -0.2) is 0 Å². The lowest BCUT2D eigenvalue weighted by molar-refractivity contribution is 0.199. The summed E-state index contributed by atoms with van der Waals surface area (Å²) in [6.07, 6.45) is 4.81. The zero-order valence-corrected chi connectivity index (χ0v) is 12.8. The van der Waals surface area contributed by atoms with E-state index in [2.05, 4.69) is 33.8 Å². The van der Waals surface area contributed by atoms with Crippen molar-refractivity contribution in [3.05, 3.63) is 28.2 Å². The van der Waals surface area contributed by atoms with Crippen molar-refractivity contribution < 1.29 is 5.11 Å². The first-order valence-electron chi connectivity index (χ1n) is 6.83. The molecule has 1 aliphatic rings.